The number of nitrogens with zero attached hydrogens (tertiary/aromatic N) is 1. The van der Waals surface area contributed by atoms with Crippen LogP contribution >= 0.6 is 0 Å². The third kappa shape index (κ3) is 3.70. The molecule has 2 aromatic rings. The highest BCUT2D eigenvalue weighted by Gasteiger charge is 2.68. The smallest absolute Gasteiger partial charge is 0.255 e. The monoisotopic (exact) mass is 534 g/mol. The van der Waals surface area contributed by atoms with Crippen molar-refractivity contribution in [2.75, 3.05) is 14.1 Å². The van der Waals surface area contributed by atoms with E-state index >= 15 is 0 Å². The molecule has 0 unspecified atom stereocenters. The molecule has 5 rings (SSSR count). The van der Waals surface area contributed by atoms with Gasteiger partial charge in [-0.2, -0.15) is 0 Å². The lowest BCUT2D eigenvalue weighted by molar-refractivity contribution is -0.169. The van der Waals surface area contributed by atoms with Gasteiger partial charge in [-0.1, -0.05) is 42.5 Å². The van der Waals surface area contributed by atoms with E-state index in [4.69, 9.17) is 5.73 Å². The molecule has 2 aromatic carbocycles. The van der Waals surface area contributed by atoms with Crippen LogP contribution in [0.25, 0.3) is 5.76 Å². The summed E-state index contributed by atoms with van der Waals surface area (Å²) in [7, 11) is 2.95. The Morgan fingerprint density at radius 3 is 2.31 bits per heavy atom. The number of phenols is 1. The molecule has 7 N–H and O–H groups in total. The van der Waals surface area contributed by atoms with Gasteiger partial charge in [-0.3, -0.25) is 19.3 Å². The molecule has 1 saturated carbocycles. The van der Waals surface area contributed by atoms with Gasteiger partial charge in [-0.25, -0.2) is 0 Å². The second kappa shape index (κ2) is 9.33. The second-order valence-corrected chi connectivity index (χ2v) is 10.6. The average molecular weight is 535 g/mol. The summed E-state index contributed by atoms with van der Waals surface area (Å²) in [5.74, 6) is -8.96. The Balaban J connectivity index is 1.75. The lowest BCUT2D eigenvalue weighted by Crippen LogP contribution is -2.70. The number of aliphatic hydroxyl groups excluding tert-OH is 3. The summed E-state index contributed by atoms with van der Waals surface area (Å²) in [6.07, 6.45) is -0.727. The average Bonchev–Trinajstić information content (AvgIpc) is 2.88. The number of Topliss-reactive ketones (excluding diaryl/α,β-unsaturated/α-hetero) is 2. The number of aromatic hydroxyl groups is 1. The first-order valence-corrected chi connectivity index (χ1v) is 12.6. The molecule has 0 aromatic heterocycles. The van der Waals surface area contributed by atoms with Crippen LogP contribution in [0.2, 0.25) is 0 Å². The first-order chi connectivity index (χ1) is 18.4. The molecule has 0 saturated heterocycles. The molecule has 0 aliphatic heterocycles. The summed E-state index contributed by atoms with van der Waals surface area (Å²) in [5.41, 5.74) is 2.56. The zero-order valence-corrected chi connectivity index (χ0v) is 21.4. The van der Waals surface area contributed by atoms with Crippen molar-refractivity contribution >= 4 is 23.2 Å². The third-order valence-electron chi connectivity index (χ3n) is 8.38. The van der Waals surface area contributed by atoms with Gasteiger partial charge in [0.15, 0.2) is 11.4 Å². The highest BCUT2D eigenvalue weighted by atomic mass is 16.4. The summed E-state index contributed by atoms with van der Waals surface area (Å²) in [6.45, 7) is 0. The van der Waals surface area contributed by atoms with Gasteiger partial charge in [0, 0.05) is 11.5 Å². The van der Waals surface area contributed by atoms with E-state index in [0.29, 0.717) is 18.4 Å². The zero-order valence-electron chi connectivity index (χ0n) is 21.4. The maximum Gasteiger partial charge on any atom is 0.255 e. The molecule has 3 aliphatic rings. The van der Waals surface area contributed by atoms with Crippen molar-refractivity contribution in [1.82, 2.24) is 4.90 Å². The van der Waals surface area contributed by atoms with Crippen LogP contribution in [0.5, 0.6) is 5.75 Å². The minimum Gasteiger partial charge on any atom is -0.508 e. The Morgan fingerprint density at radius 2 is 1.69 bits per heavy atom. The quantitative estimate of drug-likeness (QED) is 0.306. The van der Waals surface area contributed by atoms with Crippen molar-refractivity contribution in [1.29, 1.82) is 0 Å². The van der Waals surface area contributed by atoms with Crippen molar-refractivity contribution in [2.24, 2.45) is 17.6 Å². The molecule has 6 atom stereocenters. The van der Waals surface area contributed by atoms with Gasteiger partial charge >= 0.3 is 0 Å². The Bertz CT molecular complexity index is 1450. The molecule has 0 spiro atoms. The van der Waals surface area contributed by atoms with E-state index in [-0.39, 0.29) is 11.3 Å². The number of nitrogens with two attached hydrogens (primary N) is 1. The molecular weight excluding hydrogens is 504 g/mol. The maximum absolute atomic E-state index is 14.1. The van der Waals surface area contributed by atoms with E-state index in [1.807, 2.05) is 30.3 Å². The van der Waals surface area contributed by atoms with Gasteiger partial charge in [0.1, 0.15) is 22.8 Å². The lowest BCUT2D eigenvalue weighted by atomic mass is 9.53. The maximum atomic E-state index is 14.1. The van der Waals surface area contributed by atoms with Gasteiger partial charge in [0.2, 0.25) is 5.78 Å². The topological polar surface area (TPSA) is 182 Å². The third-order valence-corrected chi connectivity index (χ3v) is 8.38. The Morgan fingerprint density at radius 1 is 1.03 bits per heavy atom. The molecule has 204 valence electrons. The van der Waals surface area contributed by atoms with Gasteiger partial charge in [0.25, 0.3) is 5.91 Å². The number of hydrogen-bond donors (Lipinski definition) is 6. The van der Waals surface area contributed by atoms with E-state index in [0.717, 1.165) is 5.56 Å². The summed E-state index contributed by atoms with van der Waals surface area (Å²) >= 11 is 0. The van der Waals surface area contributed by atoms with E-state index in [1.165, 1.54) is 25.1 Å². The molecule has 0 heterocycles. The van der Waals surface area contributed by atoms with Crippen LogP contribution in [0, 0.1) is 11.8 Å². The van der Waals surface area contributed by atoms with Crippen LogP contribution in [-0.4, -0.2) is 79.7 Å². The molecule has 3 aliphatic carbocycles. The van der Waals surface area contributed by atoms with E-state index in [1.54, 1.807) is 12.1 Å². The number of primary amides is 1. The van der Waals surface area contributed by atoms with E-state index in [2.05, 4.69) is 0 Å². The fraction of sp³-hybridized carbons (Fsp3) is 0.345. The zero-order chi connectivity index (χ0) is 28.4. The van der Waals surface area contributed by atoms with Crippen molar-refractivity contribution in [3.05, 3.63) is 82.1 Å². The molecule has 0 radical (unpaired) electrons. The van der Waals surface area contributed by atoms with Crippen molar-refractivity contribution in [2.45, 2.75) is 36.5 Å². The minimum absolute atomic E-state index is 0.0148. The summed E-state index contributed by atoms with van der Waals surface area (Å²) in [6, 6.07) is 12.7. The molecule has 1 fully saturated rings. The van der Waals surface area contributed by atoms with Crippen molar-refractivity contribution in [3.8, 4) is 5.75 Å². The lowest BCUT2D eigenvalue weighted by Gasteiger charge is -2.54. The SMILES string of the molecule is CN(C)[C@H]1C(=O)C(C(N)=O)=C(O)[C@]2(O)C(=O)C3=C(O)c4c(O)cccc4[C@@H](CCc4ccccc4)[C@@H]3[C@@H](O)[C@H]12. The largest absolute Gasteiger partial charge is 0.508 e. The number of phenolic OH excluding ortho intramolecular Hbond substituents is 1. The summed E-state index contributed by atoms with van der Waals surface area (Å²) in [5, 5.41) is 56.7. The minimum atomic E-state index is -2.93. The molecule has 39 heavy (non-hydrogen) atoms. The normalized spacial score (nSPS) is 30.2. The van der Waals surface area contributed by atoms with Gasteiger partial charge in [0.05, 0.1) is 23.6 Å². The number of aryl methyl sites for hydroxylation is 1. The van der Waals surface area contributed by atoms with Crippen LogP contribution in [0.4, 0.5) is 0 Å². The highest BCUT2D eigenvalue weighted by molar-refractivity contribution is 6.24. The van der Waals surface area contributed by atoms with Crippen LogP contribution in [0.1, 0.15) is 29.0 Å². The van der Waals surface area contributed by atoms with Gasteiger partial charge in [-0.05, 0) is 50.0 Å². The van der Waals surface area contributed by atoms with Crippen molar-refractivity contribution in [3.63, 3.8) is 0 Å². The molecule has 0 bridgehead atoms. The van der Waals surface area contributed by atoms with Crippen LogP contribution < -0.4 is 5.73 Å². The fourth-order valence-electron chi connectivity index (χ4n) is 6.70. The number of benzene rings is 2. The van der Waals surface area contributed by atoms with Crippen LogP contribution in [-0.2, 0) is 20.8 Å². The highest BCUT2D eigenvalue weighted by Crippen LogP contribution is 2.57. The van der Waals surface area contributed by atoms with E-state index in [9.17, 15) is 39.9 Å². The molecule has 1 amide bonds. The number of rotatable bonds is 5. The first kappa shape index (κ1) is 26.6. The molecular formula is C29H30N2O8. The standard InChI is InChI=1S/C29H30N2O8/c1-31(2)22-21-24(34)18-15(12-11-13-7-4-3-5-8-13)14-9-6-10-16(32)17(14)23(33)19(18)26(36)29(21,39)27(37)20(25(22)35)28(30)38/h3-10,15,18,21-22,24,32-34,37,39H,11-12H2,1-2H3,(H2,30,38)/t15-,18+,21+,22-,24-,29-/m1/s1. The van der Waals surface area contributed by atoms with Gasteiger partial charge in [-0.15, -0.1) is 0 Å². The number of amides is 1. The Hall–Kier alpha value is -3.99. The van der Waals surface area contributed by atoms with E-state index < -0.39 is 75.6 Å². The summed E-state index contributed by atoms with van der Waals surface area (Å²) < 4.78 is 0. The molecule has 10 nitrogen and oxygen atoms in total. The van der Waals surface area contributed by atoms with Crippen LogP contribution in [0.3, 0.4) is 0 Å². The van der Waals surface area contributed by atoms with Gasteiger partial charge < -0.3 is 31.3 Å². The molecule has 10 heteroatoms. The number of fused-ring (bicyclic) bond motifs is 3. The number of likely N-dealkylation sites (N-methyl/N-ethyl adjacent to an activating group) is 1. The predicted octanol–water partition coefficient (Wildman–Crippen LogP) is 1.11. The fourth-order valence-corrected chi connectivity index (χ4v) is 6.70. The first-order valence-electron chi connectivity index (χ1n) is 12.6. The number of aliphatic hydroxyl groups is 4. The number of hydrogen-bond acceptors (Lipinski definition) is 9. The Kier molecular flexibility index (Phi) is 6.37. The second-order valence-electron chi connectivity index (χ2n) is 10.6. The number of carbonyl (C=O) groups excluding carboxylic acids is 3. The van der Waals surface area contributed by atoms with Crippen LogP contribution in [0.15, 0.2) is 65.4 Å². The number of ketones is 2. The van der Waals surface area contributed by atoms with Crippen molar-refractivity contribution < 1.29 is 39.9 Å². The number of carbonyl (C=O) groups is 3. The summed E-state index contributed by atoms with van der Waals surface area (Å²) in [4.78, 5) is 41.0. The Labute approximate surface area is 224 Å². The predicted molar refractivity (Wildman–Crippen MR) is 139 cm³/mol.